The lowest BCUT2D eigenvalue weighted by molar-refractivity contribution is 0.0940. The third-order valence-electron chi connectivity index (χ3n) is 6.09. The summed E-state index contributed by atoms with van der Waals surface area (Å²) in [7, 11) is 1.64. The predicted octanol–water partition coefficient (Wildman–Crippen LogP) is 4.21. The Labute approximate surface area is 191 Å². The van der Waals surface area contributed by atoms with E-state index in [0.717, 1.165) is 52.2 Å². The number of hydrogen-bond acceptors (Lipinski definition) is 6. The summed E-state index contributed by atoms with van der Waals surface area (Å²) in [5.41, 5.74) is 3.46. The van der Waals surface area contributed by atoms with E-state index >= 15 is 0 Å². The van der Waals surface area contributed by atoms with Gasteiger partial charge in [0, 0.05) is 55.8 Å². The number of methoxy groups -OCH3 is 1. The molecule has 1 N–H and O–H groups in total. The molecule has 0 spiro atoms. The molecule has 7 heteroatoms. The molecule has 1 aromatic carbocycles. The van der Waals surface area contributed by atoms with Gasteiger partial charge < -0.3 is 10.1 Å². The summed E-state index contributed by atoms with van der Waals surface area (Å²) in [5, 5.41) is 5.27. The number of amides is 1. The van der Waals surface area contributed by atoms with E-state index in [0.29, 0.717) is 19.1 Å². The fourth-order valence-corrected chi connectivity index (χ4v) is 5.77. The summed E-state index contributed by atoms with van der Waals surface area (Å²) < 4.78 is 5.08. The van der Waals surface area contributed by atoms with Crippen molar-refractivity contribution in [3.8, 4) is 0 Å². The average molecular weight is 447 g/mol. The van der Waals surface area contributed by atoms with Crippen molar-refractivity contribution < 1.29 is 9.53 Å². The monoisotopic (exact) mass is 446 g/mol. The van der Waals surface area contributed by atoms with Crippen molar-refractivity contribution in [2.75, 3.05) is 33.4 Å². The number of carbonyl (C=O) groups is 1. The first-order valence-corrected chi connectivity index (χ1v) is 11.8. The molecule has 32 heavy (non-hydrogen) atoms. The summed E-state index contributed by atoms with van der Waals surface area (Å²) >= 11 is 1.49. The highest BCUT2D eigenvalue weighted by molar-refractivity contribution is 7.20. The maximum absolute atomic E-state index is 13.0. The first-order chi connectivity index (χ1) is 15.7. The van der Waals surface area contributed by atoms with Crippen LogP contribution in [0.5, 0.6) is 0 Å². The lowest BCUT2D eigenvalue weighted by atomic mass is 9.95. The number of likely N-dealkylation sites (tertiary alicyclic amines) is 1. The minimum atomic E-state index is -0.0308. The van der Waals surface area contributed by atoms with Crippen LogP contribution in [-0.2, 0) is 11.3 Å². The van der Waals surface area contributed by atoms with E-state index in [1.165, 1.54) is 22.3 Å². The maximum Gasteiger partial charge on any atom is 0.261 e. The molecule has 0 bridgehead atoms. The number of carbonyl (C=O) groups excluding carboxylic acids is 1. The Hall–Kier alpha value is -2.87. The number of para-hydroxylation sites is 1. The van der Waals surface area contributed by atoms with Crippen molar-refractivity contribution in [2.24, 2.45) is 0 Å². The van der Waals surface area contributed by atoms with E-state index in [1.807, 2.05) is 18.3 Å². The topological polar surface area (TPSA) is 67.3 Å². The van der Waals surface area contributed by atoms with Gasteiger partial charge >= 0.3 is 0 Å². The first kappa shape index (κ1) is 21.0. The fourth-order valence-electron chi connectivity index (χ4n) is 4.62. The normalized spacial score (nSPS) is 16.7. The molecular weight excluding hydrogens is 420 g/mol. The van der Waals surface area contributed by atoms with Crippen LogP contribution in [0.2, 0.25) is 0 Å². The molecule has 4 aromatic rings. The quantitative estimate of drug-likeness (QED) is 0.431. The predicted molar refractivity (Wildman–Crippen MR) is 128 cm³/mol. The van der Waals surface area contributed by atoms with Crippen LogP contribution in [0, 0.1) is 0 Å². The Bertz CT molecular complexity index is 1250. The lowest BCUT2D eigenvalue weighted by Crippen LogP contribution is -2.27. The second-order valence-electron chi connectivity index (χ2n) is 8.16. The smallest absolute Gasteiger partial charge is 0.261 e. The van der Waals surface area contributed by atoms with Crippen molar-refractivity contribution in [3.05, 3.63) is 70.9 Å². The standard InChI is InChI=1S/C25H26N4O2S/c1-31-14-12-27-24(30)23-21(20-8-4-11-28-25(20)32-23)18-9-13-29(15-18)16-19-6-2-5-17-7-3-10-26-22(17)19/h2-8,10-11,18H,9,12-16H2,1H3,(H,27,30)/t18-/m1/s1. The van der Waals surface area contributed by atoms with Crippen molar-refractivity contribution in [1.82, 2.24) is 20.2 Å². The number of fused-ring (bicyclic) bond motifs is 2. The lowest BCUT2D eigenvalue weighted by Gasteiger charge is -2.18. The van der Waals surface area contributed by atoms with Crippen LogP contribution in [0.1, 0.15) is 33.1 Å². The minimum absolute atomic E-state index is 0.0308. The van der Waals surface area contributed by atoms with E-state index in [-0.39, 0.29) is 5.91 Å². The molecule has 164 valence electrons. The maximum atomic E-state index is 13.0. The van der Waals surface area contributed by atoms with Gasteiger partial charge in [0.1, 0.15) is 4.83 Å². The van der Waals surface area contributed by atoms with E-state index in [2.05, 4.69) is 50.5 Å². The number of hydrogen-bond donors (Lipinski definition) is 1. The zero-order chi connectivity index (χ0) is 21.9. The highest BCUT2D eigenvalue weighted by Gasteiger charge is 2.31. The zero-order valence-corrected chi connectivity index (χ0v) is 18.9. The van der Waals surface area contributed by atoms with Gasteiger partial charge in [0.25, 0.3) is 5.91 Å². The molecule has 1 amide bonds. The molecule has 0 radical (unpaired) electrons. The molecule has 1 aliphatic heterocycles. The summed E-state index contributed by atoms with van der Waals surface area (Å²) in [6, 6.07) is 14.5. The zero-order valence-electron chi connectivity index (χ0n) is 18.1. The summed E-state index contributed by atoms with van der Waals surface area (Å²) in [4.78, 5) is 26.3. The number of benzene rings is 1. The number of nitrogens with zero attached hydrogens (tertiary/aromatic N) is 3. The molecule has 3 aromatic heterocycles. The number of pyridine rings is 2. The van der Waals surface area contributed by atoms with Crippen molar-refractivity contribution in [1.29, 1.82) is 0 Å². The van der Waals surface area contributed by atoms with Gasteiger partial charge in [-0.05, 0) is 36.2 Å². The van der Waals surface area contributed by atoms with Crippen molar-refractivity contribution in [2.45, 2.75) is 18.9 Å². The van der Waals surface area contributed by atoms with E-state index in [4.69, 9.17) is 4.74 Å². The Balaban J connectivity index is 1.40. The van der Waals surface area contributed by atoms with Crippen LogP contribution in [0.4, 0.5) is 0 Å². The molecule has 1 saturated heterocycles. The van der Waals surface area contributed by atoms with Gasteiger partial charge in [0.05, 0.1) is 17.0 Å². The third kappa shape index (κ3) is 4.11. The number of ether oxygens (including phenoxy) is 1. The Morgan fingerprint density at radius 3 is 2.94 bits per heavy atom. The van der Waals surface area contributed by atoms with Gasteiger partial charge in [-0.25, -0.2) is 4.98 Å². The van der Waals surface area contributed by atoms with E-state index in [1.54, 1.807) is 13.3 Å². The van der Waals surface area contributed by atoms with Crippen LogP contribution < -0.4 is 5.32 Å². The second-order valence-corrected chi connectivity index (χ2v) is 9.16. The highest BCUT2D eigenvalue weighted by atomic mass is 32.1. The molecule has 1 fully saturated rings. The minimum Gasteiger partial charge on any atom is -0.383 e. The Kier molecular flexibility index (Phi) is 6.12. The summed E-state index contributed by atoms with van der Waals surface area (Å²) in [6.07, 6.45) is 4.68. The molecule has 1 atom stereocenters. The number of rotatable bonds is 7. The molecule has 1 aliphatic rings. The first-order valence-electron chi connectivity index (χ1n) is 10.9. The largest absolute Gasteiger partial charge is 0.383 e. The SMILES string of the molecule is COCCNC(=O)c1sc2ncccc2c1[C@@H]1CCN(Cc2cccc3cccnc23)C1. The number of thiophene rings is 1. The van der Waals surface area contributed by atoms with Gasteiger partial charge in [0.15, 0.2) is 0 Å². The van der Waals surface area contributed by atoms with Gasteiger partial charge in [-0.2, -0.15) is 0 Å². The Morgan fingerprint density at radius 1 is 1.19 bits per heavy atom. The molecule has 0 saturated carbocycles. The van der Waals surface area contributed by atoms with Gasteiger partial charge in [-0.3, -0.25) is 14.7 Å². The van der Waals surface area contributed by atoms with Gasteiger partial charge in [-0.1, -0.05) is 30.3 Å². The summed E-state index contributed by atoms with van der Waals surface area (Å²) in [5.74, 6) is 0.274. The van der Waals surface area contributed by atoms with Crippen molar-refractivity contribution in [3.63, 3.8) is 0 Å². The van der Waals surface area contributed by atoms with Crippen LogP contribution in [0.25, 0.3) is 21.1 Å². The van der Waals surface area contributed by atoms with Crippen LogP contribution >= 0.6 is 11.3 Å². The van der Waals surface area contributed by atoms with Crippen molar-refractivity contribution >= 4 is 38.4 Å². The fraction of sp³-hybridized carbons (Fsp3) is 0.320. The second kappa shape index (κ2) is 9.32. The van der Waals surface area contributed by atoms with Crippen LogP contribution in [-0.4, -0.2) is 54.1 Å². The molecule has 4 heterocycles. The third-order valence-corrected chi connectivity index (χ3v) is 7.22. The molecular formula is C25H26N4O2S. The molecule has 6 nitrogen and oxygen atoms in total. The Morgan fingerprint density at radius 2 is 2.03 bits per heavy atom. The van der Waals surface area contributed by atoms with Gasteiger partial charge in [0.2, 0.25) is 0 Å². The number of nitrogens with one attached hydrogen (secondary N) is 1. The van der Waals surface area contributed by atoms with E-state index in [9.17, 15) is 4.79 Å². The molecule has 0 aliphatic carbocycles. The average Bonchev–Trinajstić information content (AvgIpc) is 3.44. The summed E-state index contributed by atoms with van der Waals surface area (Å²) in [6.45, 7) is 3.78. The van der Waals surface area contributed by atoms with Gasteiger partial charge in [-0.15, -0.1) is 11.3 Å². The molecule has 5 rings (SSSR count). The number of aromatic nitrogens is 2. The molecule has 0 unspecified atom stereocenters. The van der Waals surface area contributed by atoms with E-state index < -0.39 is 0 Å². The van der Waals surface area contributed by atoms with Crippen LogP contribution in [0.15, 0.2) is 54.9 Å². The van der Waals surface area contributed by atoms with Crippen LogP contribution in [0.3, 0.4) is 0 Å². The highest BCUT2D eigenvalue weighted by Crippen LogP contribution is 2.39.